The van der Waals surface area contributed by atoms with Gasteiger partial charge in [0, 0.05) is 12.5 Å². The maximum absolute atomic E-state index is 13.2. The Balaban J connectivity index is 1.33. The standard InChI is InChI=1S/C33H27NO7/c1-22-31(40-25-15-9-4-10-16-25)30(35)27-18-17-26(20-29(27)39-22)41-32(36)28(19-23-11-5-2-6-12-23)34-33(37)38-21-24-13-7-3-8-14-24/h2-18,20,28H,19,21H2,1H3,(H,34,37)/t28-/m0/s1. The third kappa shape index (κ3) is 6.99. The van der Waals surface area contributed by atoms with Crippen LogP contribution in [0.1, 0.15) is 16.9 Å². The zero-order chi connectivity index (χ0) is 28.6. The highest BCUT2D eigenvalue weighted by atomic mass is 16.6. The summed E-state index contributed by atoms with van der Waals surface area (Å²) in [6.07, 6.45) is -0.569. The van der Waals surface area contributed by atoms with E-state index in [4.69, 9.17) is 18.6 Å². The molecule has 0 fully saturated rings. The molecular weight excluding hydrogens is 522 g/mol. The summed E-state index contributed by atoms with van der Waals surface area (Å²) in [4.78, 5) is 39.0. The molecule has 0 aliphatic rings. The molecule has 0 radical (unpaired) electrons. The number of para-hydroxylation sites is 1. The molecule has 0 aliphatic heterocycles. The maximum Gasteiger partial charge on any atom is 0.408 e. The number of alkyl carbamates (subject to hydrolysis) is 1. The van der Waals surface area contributed by atoms with Gasteiger partial charge in [0.05, 0.1) is 5.39 Å². The first-order chi connectivity index (χ1) is 20.0. The number of nitrogens with one attached hydrogen (secondary N) is 1. The van der Waals surface area contributed by atoms with Gasteiger partial charge >= 0.3 is 12.1 Å². The molecule has 0 spiro atoms. The Morgan fingerprint density at radius 1 is 0.805 bits per heavy atom. The van der Waals surface area contributed by atoms with Crippen LogP contribution in [-0.4, -0.2) is 18.1 Å². The van der Waals surface area contributed by atoms with E-state index in [1.165, 1.54) is 18.2 Å². The van der Waals surface area contributed by atoms with E-state index in [1.807, 2.05) is 66.7 Å². The summed E-state index contributed by atoms with van der Waals surface area (Å²) in [7, 11) is 0. The SMILES string of the molecule is Cc1oc2cc(OC(=O)[C@H](Cc3ccccc3)NC(=O)OCc3ccccc3)ccc2c(=O)c1Oc1ccccc1. The largest absolute Gasteiger partial charge is 0.457 e. The number of rotatable bonds is 9. The molecule has 41 heavy (non-hydrogen) atoms. The molecular formula is C33H27NO7. The Kier molecular flexibility index (Phi) is 8.40. The summed E-state index contributed by atoms with van der Waals surface area (Å²) in [6, 6.07) is 30.8. The minimum absolute atomic E-state index is 0.0544. The first kappa shape index (κ1) is 27.2. The quantitative estimate of drug-likeness (QED) is 0.169. The van der Waals surface area contributed by atoms with Gasteiger partial charge in [-0.05, 0) is 42.3 Å². The lowest BCUT2D eigenvalue weighted by Crippen LogP contribution is -2.44. The molecule has 0 saturated heterocycles. The van der Waals surface area contributed by atoms with E-state index in [9.17, 15) is 14.4 Å². The van der Waals surface area contributed by atoms with Crippen LogP contribution in [0.4, 0.5) is 4.79 Å². The van der Waals surface area contributed by atoms with Gasteiger partial charge in [-0.25, -0.2) is 9.59 Å². The third-order valence-electron chi connectivity index (χ3n) is 6.24. The smallest absolute Gasteiger partial charge is 0.408 e. The zero-order valence-corrected chi connectivity index (χ0v) is 22.2. The van der Waals surface area contributed by atoms with E-state index in [2.05, 4.69) is 5.32 Å². The van der Waals surface area contributed by atoms with E-state index >= 15 is 0 Å². The first-order valence-corrected chi connectivity index (χ1v) is 13.0. The third-order valence-corrected chi connectivity index (χ3v) is 6.24. The molecule has 8 heteroatoms. The van der Waals surface area contributed by atoms with Gasteiger partial charge in [-0.2, -0.15) is 0 Å². The Labute approximate surface area is 236 Å². The summed E-state index contributed by atoms with van der Waals surface area (Å²) < 4.78 is 22.6. The number of esters is 1. The predicted molar refractivity (Wildman–Crippen MR) is 153 cm³/mol. The molecule has 1 aromatic heterocycles. The van der Waals surface area contributed by atoms with E-state index < -0.39 is 18.1 Å². The van der Waals surface area contributed by atoms with Crippen molar-refractivity contribution in [1.82, 2.24) is 5.32 Å². The number of hydrogen-bond donors (Lipinski definition) is 1. The fourth-order valence-electron chi connectivity index (χ4n) is 4.19. The number of fused-ring (bicyclic) bond motifs is 1. The molecule has 8 nitrogen and oxygen atoms in total. The maximum atomic E-state index is 13.2. The molecule has 1 amide bonds. The summed E-state index contributed by atoms with van der Waals surface area (Å²) >= 11 is 0. The Morgan fingerprint density at radius 3 is 2.12 bits per heavy atom. The highest BCUT2D eigenvalue weighted by molar-refractivity contribution is 5.85. The predicted octanol–water partition coefficient (Wildman–Crippen LogP) is 6.34. The number of benzene rings is 4. The Morgan fingerprint density at radius 2 is 1.44 bits per heavy atom. The topological polar surface area (TPSA) is 104 Å². The van der Waals surface area contributed by atoms with Crippen molar-refractivity contribution in [3.05, 3.63) is 136 Å². The highest BCUT2D eigenvalue weighted by Crippen LogP contribution is 2.27. The second kappa shape index (κ2) is 12.7. The molecule has 206 valence electrons. The van der Waals surface area contributed by atoms with Crippen molar-refractivity contribution in [2.24, 2.45) is 0 Å². The summed E-state index contributed by atoms with van der Waals surface area (Å²) in [5.41, 5.74) is 1.52. The van der Waals surface area contributed by atoms with Crippen LogP contribution in [0.15, 0.2) is 118 Å². The van der Waals surface area contributed by atoms with E-state index in [1.54, 1.807) is 31.2 Å². The molecule has 0 saturated carbocycles. The van der Waals surface area contributed by atoms with Crippen molar-refractivity contribution in [2.45, 2.75) is 26.0 Å². The number of amides is 1. The summed E-state index contributed by atoms with van der Waals surface area (Å²) in [6.45, 7) is 1.68. The van der Waals surface area contributed by atoms with Crippen LogP contribution in [0.5, 0.6) is 17.2 Å². The number of hydrogen-bond acceptors (Lipinski definition) is 7. The zero-order valence-electron chi connectivity index (χ0n) is 22.2. The van der Waals surface area contributed by atoms with Crippen LogP contribution < -0.4 is 20.2 Å². The van der Waals surface area contributed by atoms with Gasteiger partial charge in [0.15, 0.2) is 0 Å². The van der Waals surface area contributed by atoms with Crippen LogP contribution in [0.3, 0.4) is 0 Å². The van der Waals surface area contributed by atoms with Crippen molar-refractivity contribution in [3.8, 4) is 17.2 Å². The molecule has 4 aromatic carbocycles. The van der Waals surface area contributed by atoms with Crippen LogP contribution in [-0.2, 0) is 22.6 Å². The van der Waals surface area contributed by atoms with Crippen molar-refractivity contribution < 1.29 is 28.2 Å². The van der Waals surface area contributed by atoms with Gasteiger partial charge in [0.25, 0.3) is 0 Å². The molecule has 5 aromatic rings. The van der Waals surface area contributed by atoms with Crippen LogP contribution >= 0.6 is 0 Å². The van der Waals surface area contributed by atoms with Crippen molar-refractivity contribution in [2.75, 3.05) is 0 Å². The normalized spacial score (nSPS) is 11.4. The lowest BCUT2D eigenvalue weighted by molar-refractivity contribution is -0.136. The molecule has 1 atom stereocenters. The molecule has 1 heterocycles. The monoisotopic (exact) mass is 549 g/mol. The van der Waals surface area contributed by atoms with Gasteiger partial charge in [-0.1, -0.05) is 78.9 Å². The fourth-order valence-corrected chi connectivity index (χ4v) is 4.19. The van der Waals surface area contributed by atoms with Gasteiger partial charge < -0.3 is 23.9 Å². The lowest BCUT2D eigenvalue weighted by atomic mass is 10.1. The van der Waals surface area contributed by atoms with Crippen molar-refractivity contribution in [3.63, 3.8) is 0 Å². The van der Waals surface area contributed by atoms with E-state index in [-0.39, 0.29) is 46.7 Å². The molecule has 0 unspecified atom stereocenters. The number of ether oxygens (including phenoxy) is 3. The Bertz CT molecular complexity index is 1700. The average Bonchev–Trinajstić information content (AvgIpc) is 2.99. The second-order valence-corrected chi connectivity index (χ2v) is 9.26. The summed E-state index contributed by atoms with van der Waals surface area (Å²) in [5.74, 6) is 0.313. The minimum atomic E-state index is -1.04. The van der Waals surface area contributed by atoms with E-state index in [0.717, 1.165) is 11.1 Å². The molecule has 0 aliphatic carbocycles. The van der Waals surface area contributed by atoms with E-state index in [0.29, 0.717) is 5.75 Å². The van der Waals surface area contributed by atoms with Gasteiger partial charge in [0.2, 0.25) is 11.2 Å². The molecule has 5 rings (SSSR count). The van der Waals surface area contributed by atoms with Crippen molar-refractivity contribution >= 4 is 23.0 Å². The summed E-state index contributed by atoms with van der Waals surface area (Å²) in [5, 5.41) is 2.88. The molecule has 0 bridgehead atoms. The fraction of sp³-hybridized carbons (Fsp3) is 0.121. The first-order valence-electron chi connectivity index (χ1n) is 13.0. The van der Waals surface area contributed by atoms with Gasteiger partial charge in [-0.3, -0.25) is 4.79 Å². The van der Waals surface area contributed by atoms with Crippen LogP contribution in [0, 0.1) is 6.92 Å². The van der Waals surface area contributed by atoms with Gasteiger partial charge in [0.1, 0.15) is 35.5 Å². The number of aryl methyl sites for hydroxylation is 1. The molecule has 1 N–H and O–H groups in total. The van der Waals surface area contributed by atoms with Gasteiger partial charge in [-0.15, -0.1) is 0 Å². The lowest BCUT2D eigenvalue weighted by Gasteiger charge is -2.18. The van der Waals surface area contributed by atoms with Crippen molar-refractivity contribution in [1.29, 1.82) is 0 Å². The van der Waals surface area contributed by atoms with Crippen LogP contribution in [0.25, 0.3) is 11.0 Å². The van der Waals surface area contributed by atoms with Crippen LogP contribution in [0.2, 0.25) is 0 Å². The number of carbonyl (C=O) groups excluding carboxylic acids is 2. The minimum Gasteiger partial charge on any atom is -0.457 e. The highest BCUT2D eigenvalue weighted by Gasteiger charge is 2.25. The number of carbonyl (C=O) groups is 2. The second-order valence-electron chi connectivity index (χ2n) is 9.26. The average molecular weight is 550 g/mol. The Hall–Kier alpha value is -5.37.